The number of alkyl carbamates (subject to hydrolysis) is 1. The Balaban J connectivity index is 1.25. The van der Waals surface area contributed by atoms with Crippen molar-refractivity contribution in [3.05, 3.63) is 82.8 Å². The number of alkyl halides is 3. The van der Waals surface area contributed by atoms with Crippen LogP contribution in [0.3, 0.4) is 0 Å². The summed E-state index contributed by atoms with van der Waals surface area (Å²) in [6.07, 6.45) is 4.93. The molecule has 0 bridgehead atoms. The Labute approximate surface area is 322 Å². The maximum Gasteiger partial charge on any atom is 0.523 e. The summed E-state index contributed by atoms with van der Waals surface area (Å²) in [5.74, 6) is 0.151. The summed E-state index contributed by atoms with van der Waals surface area (Å²) in [4.78, 5) is 63.8. The molecule has 0 radical (unpaired) electrons. The van der Waals surface area contributed by atoms with Crippen LogP contribution in [0.25, 0.3) is 5.57 Å². The number of nitrogens with zero attached hydrogens (tertiary/aromatic N) is 3. The second kappa shape index (κ2) is 18.3. The van der Waals surface area contributed by atoms with Gasteiger partial charge in [0, 0.05) is 44.5 Å². The fourth-order valence-electron chi connectivity index (χ4n) is 6.77. The number of aromatic nitrogens is 3. The number of nitrogens with one attached hydrogen (secondary N) is 6. The van der Waals surface area contributed by atoms with Crippen molar-refractivity contribution in [3.8, 4) is 0 Å². The van der Waals surface area contributed by atoms with Gasteiger partial charge in [0.15, 0.2) is 0 Å². The van der Waals surface area contributed by atoms with E-state index in [0.717, 1.165) is 17.7 Å². The summed E-state index contributed by atoms with van der Waals surface area (Å²) in [5, 5.41) is 13.6. The molecule has 56 heavy (non-hydrogen) atoms. The third-order valence-electron chi connectivity index (χ3n) is 9.69. The molecule has 4 atom stereocenters. The van der Waals surface area contributed by atoms with Crippen molar-refractivity contribution in [2.24, 2.45) is 5.92 Å². The Morgan fingerprint density at radius 3 is 2.39 bits per heavy atom. The van der Waals surface area contributed by atoms with Gasteiger partial charge in [-0.1, -0.05) is 32.1 Å². The number of aromatic amines is 1. The molecular weight excluding hydrogens is 735 g/mol. The van der Waals surface area contributed by atoms with E-state index in [0.29, 0.717) is 55.1 Å². The van der Waals surface area contributed by atoms with Gasteiger partial charge in [0.05, 0.1) is 36.7 Å². The average Bonchev–Trinajstić information content (AvgIpc) is 3.86. The molecule has 3 aliphatic rings. The normalized spacial score (nSPS) is 19.5. The molecule has 6 N–H and O–H groups in total. The number of pyridine rings is 1. The summed E-state index contributed by atoms with van der Waals surface area (Å²) in [7, 11) is 2.76. The molecule has 18 heteroatoms. The molecule has 2 aromatic rings. The van der Waals surface area contributed by atoms with E-state index in [1.807, 2.05) is 26.8 Å². The highest BCUT2D eigenvalue weighted by atomic mass is 19.4. The van der Waals surface area contributed by atoms with Gasteiger partial charge in [0.25, 0.3) is 5.91 Å². The van der Waals surface area contributed by atoms with Gasteiger partial charge < -0.3 is 41.2 Å². The average molecular weight is 784 g/mol. The largest absolute Gasteiger partial charge is 0.523 e. The quantitative estimate of drug-likeness (QED) is 0.158. The van der Waals surface area contributed by atoms with E-state index in [4.69, 9.17) is 4.74 Å². The molecule has 2 aliphatic carbocycles. The van der Waals surface area contributed by atoms with Crippen LogP contribution in [0.4, 0.5) is 28.6 Å². The minimum absolute atomic E-state index is 0.171. The smallest absolute Gasteiger partial charge is 0.453 e. The van der Waals surface area contributed by atoms with Gasteiger partial charge in [-0.3, -0.25) is 14.3 Å². The van der Waals surface area contributed by atoms with Crippen LogP contribution in [-0.2, 0) is 14.3 Å². The first-order chi connectivity index (χ1) is 26.6. The molecule has 1 saturated heterocycles. The number of carbonyl (C=O) groups excluding carboxylic acids is 4. The Kier molecular flexibility index (Phi) is 13.6. The van der Waals surface area contributed by atoms with Gasteiger partial charge in [0.1, 0.15) is 17.7 Å². The van der Waals surface area contributed by atoms with Crippen LogP contribution < -0.4 is 26.6 Å². The number of amides is 5. The van der Waals surface area contributed by atoms with E-state index in [9.17, 15) is 32.3 Å². The second-order valence-electron chi connectivity index (χ2n) is 14.1. The molecule has 2 aromatic heterocycles. The van der Waals surface area contributed by atoms with Crippen molar-refractivity contribution in [1.29, 1.82) is 0 Å². The lowest BCUT2D eigenvalue weighted by molar-refractivity contribution is -0.337. The molecule has 5 rings (SSSR count). The monoisotopic (exact) mass is 783 g/mol. The van der Waals surface area contributed by atoms with E-state index in [-0.39, 0.29) is 47.6 Å². The Bertz CT molecular complexity index is 1890. The Morgan fingerprint density at radius 2 is 1.75 bits per heavy atom. The number of urea groups is 1. The van der Waals surface area contributed by atoms with E-state index < -0.39 is 30.5 Å². The second-order valence-corrected chi connectivity index (χ2v) is 14.1. The molecule has 0 spiro atoms. The predicted octanol–water partition coefficient (Wildman–Crippen LogP) is 5.23. The number of likely N-dealkylation sites (tertiary alicyclic amines) is 1. The van der Waals surface area contributed by atoms with Crippen molar-refractivity contribution < 1.29 is 41.8 Å². The number of halogens is 3. The first-order valence-electron chi connectivity index (χ1n) is 18.4. The van der Waals surface area contributed by atoms with Crippen LogP contribution in [0.15, 0.2) is 65.7 Å². The van der Waals surface area contributed by atoms with Crippen LogP contribution in [0.2, 0.25) is 0 Å². The Hall–Kier alpha value is -5.65. The van der Waals surface area contributed by atoms with Gasteiger partial charge in [0.2, 0.25) is 5.91 Å². The van der Waals surface area contributed by atoms with E-state index in [2.05, 4.69) is 46.3 Å². The number of imidazole rings is 1. The summed E-state index contributed by atoms with van der Waals surface area (Å²) < 4.78 is 50.2. The number of anilines is 1. The number of methoxy groups -OCH3 is 1. The standard InChI is InChI=1S/C38H48F3N9O6/c1-21(2)32(49-37(54)55-5)35(52)50-16-6-7-29(50)33-45-20-28(48-33)24-10-8-23(9-11-24)27-14-13-26(17-30(27)56-38(39,40)41)47-34(51)25-12-15-31(44-19-25)43-18-22(3)46-36(53)42-4/h8,10,12-15,19-22,29-30,32H,6-7,9,11,16-18H2,1-5H3,(H,43,44)(H,45,48)(H,47,51)(H,49,54)(H2,42,46,53). The van der Waals surface area contributed by atoms with Gasteiger partial charge in [-0.2, -0.15) is 0 Å². The molecule has 0 aromatic carbocycles. The molecular formula is C38H48F3N9O6. The lowest BCUT2D eigenvalue weighted by Crippen LogP contribution is -2.51. The predicted molar refractivity (Wildman–Crippen MR) is 201 cm³/mol. The van der Waals surface area contributed by atoms with E-state index >= 15 is 0 Å². The zero-order valence-corrected chi connectivity index (χ0v) is 31.9. The zero-order chi connectivity index (χ0) is 40.6. The number of hydrogen-bond acceptors (Lipinski definition) is 9. The molecule has 3 heterocycles. The lowest BCUT2D eigenvalue weighted by atomic mass is 9.86. The SMILES string of the molecule is CNC(=O)NC(C)CNc1ccc(C(=O)NC2=CC=C(C3=CC=C(c4cnc(C5CCCN5C(=O)C(NC(=O)OC)C(C)C)[nH]4)CC3)C(OC(F)(F)F)C2)cn1. The number of allylic oxidation sites excluding steroid dienone is 5. The number of hydrogen-bond donors (Lipinski definition) is 6. The zero-order valence-electron chi connectivity index (χ0n) is 31.9. The highest BCUT2D eigenvalue weighted by Gasteiger charge is 2.39. The van der Waals surface area contributed by atoms with Crippen LogP contribution in [0, 0.1) is 5.92 Å². The molecule has 1 fully saturated rings. The number of ether oxygens (including phenoxy) is 2. The van der Waals surface area contributed by atoms with Gasteiger partial charge in [-0.15, -0.1) is 13.2 Å². The van der Waals surface area contributed by atoms with E-state index in [1.165, 1.54) is 26.4 Å². The first-order valence-corrected chi connectivity index (χ1v) is 18.4. The summed E-state index contributed by atoms with van der Waals surface area (Å²) >= 11 is 0. The van der Waals surface area contributed by atoms with Crippen LogP contribution >= 0.6 is 0 Å². The maximum absolute atomic E-state index is 13.6. The van der Waals surface area contributed by atoms with Crippen molar-refractivity contribution in [2.45, 2.75) is 83.5 Å². The highest BCUT2D eigenvalue weighted by Crippen LogP contribution is 2.38. The van der Waals surface area contributed by atoms with Gasteiger partial charge >= 0.3 is 18.5 Å². The molecule has 302 valence electrons. The third-order valence-corrected chi connectivity index (χ3v) is 9.69. The third kappa shape index (κ3) is 10.8. The maximum atomic E-state index is 13.6. The van der Waals surface area contributed by atoms with Gasteiger partial charge in [-0.05, 0) is 73.5 Å². The summed E-state index contributed by atoms with van der Waals surface area (Å²) in [5.41, 5.74) is 3.11. The molecule has 5 amide bonds. The topological polar surface area (TPSA) is 192 Å². The van der Waals surface area contributed by atoms with E-state index in [1.54, 1.807) is 35.4 Å². The van der Waals surface area contributed by atoms with Crippen molar-refractivity contribution in [1.82, 2.24) is 41.1 Å². The van der Waals surface area contributed by atoms with Crippen LogP contribution in [-0.4, -0.2) is 95.6 Å². The first kappa shape index (κ1) is 41.5. The minimum Gasteiger partial charge on any atom is -0.453 e. The lowest BCUT2D eigenvalue weighted by Gasteiger charge is -2.30. The molecule has 0 saturated carbocycles. The van der Waals surface area contributed by atoms with Crippen LogP contribution in [0.5, 0.6) is 0 Å². The fraction of sp³-hybridized carbons (Fsp3) is 0.474. The summed E-state index contributed by atoms with van der Waals surface area (Å²) in [6, 6.07) is 1.53. The molecule has 15 nitrogen and oxygen atoms in total. The number of H-pyrrole nitrogens is 1. The minimum atomic E-state index is -4.92. The number of carbonyl (C=O) groups is 4. The fourth-order valence-corrected chi connectivity index (χ4v) is 6.77. The van der Waals surface area contributed by atoms with Crippen LogP contribution in [0.1, 0.15) is 80.8 Å². The molecule has 1 aliphatic heterocycles. The Morgan fingerprint density at radius 1 is 1.00 bits per heavy atom. The van der Waals surface area contributed by atoms with Crippen molar-refractivity contribution in [3.63, 3.8) is 0 Å². The van der Waals surface area contributed by atoms with Crippen molar-refractivity contribution in [2.75, 3.05) is 32.6 Å². The molecule has 4 unspecified atom stereocenters. The van der Waals surface area contributed by atoms with Gasteiger partial charge in [-0.25, -0.2) is 19.6 Å². The van der Waals surface area contributed by atoms with Crippen molar-refractivity contribution >= 4 is 35.3 Å². The summed E-state index contributed by atoms with van der Waals surface area (Å²) in [6.45, 7) is 6.39. The highest BCUT2D eigenvalue weighted by molar-refractivity contribution is 5.95. The number of rotatable bonds is 13.